The Balaban J connectivity index is 1.19. The lowest BCUT2D eigenvalue weighted by atomic mass is 9.78. The molecular formula is C30H47FO4. The van der Waals surface area contributed by atoms with Gasteiger partial charge in [-0.3, -0.25) is 0 Å². The zero-order valence-electron chi connectivity index (χ0n) is 21.9. The Morgan fingerprint density at radius 2 is 1.63 bits per heavy atom. The van der Waals surface area contributed by atoms with Gasteiger partial charge in [-0.05, 0) is 74.9 Å². The minimum Gasteiger partial charge on any atom is -0.352 e. The molecule has 0 amide bonds. The standard InChI is InChI=1S/C30H47FO4/c1-3-5-6-8-24-21-32-29(33-22-24)26-12-9-23(10-13-26)11-14-28(31)27(7-4-2)25-15-17-30(18-16-25)34-19-20-35-30/h4,7,14,23-26,29H,2-3,5-6,8-13,15-22H2,1H3/b27-7-,28-14+. The van der Waals surface area contributed by atoms with Crippen LogP contribution in [0.3, 0.4) is 0 Å². The van der Waals surface area contributed by atoms with Gasteiger partial charge in [0.25, 0.3) is 0 Å². The van der Waals surface area contributed by atoms with Crippen LogP contribution < -0.4 is 0 Å². The first-order valence-corrected chi connectivity index (χ1v) is 14.3. The van der Waals surface area contributed by atoms with Crippen molar-refractivity contribution in [3.63, 3.8) is 0 Å². The van der Waals surface area contributed by atoms with E-state index in [0.29, 0.717) is 31.0 Å². The maximum absolute atomic E-state index is 15.3. The summed E-state index contributed by atoms with van der Waals surface area (Å²) in [6.45, 7) is 9.12. The highest BCUT2D eigenvalue weighted by Gasteiger charge is 2.41. The van der Waals surface area contributed by atoms with Crippen molar-refractivity contribution in [2.24, 2.45) is 23.7 Å². The van der Waals surface area contributed by atoms with E-state index in [1.54, 1.807) is 6.08 Å². The second kappa shape index (κ2) is 13.5. The first kappa shape index (κ1) is 27.0. The van der Waals surface area contributed by atoms with Gasteiger partial charge in [-0.15, -0.1) is 0 Å². The summed E-state index contributed by atoms with van der Waals surface area (Å²) in [4.78, 5) is 0. The molecule has 1 spiro atoms. The van der Waals surface area contributed by atoms with Gasteiger partial charge in [0.2, 0.25) is 0 Å². The van der Waals surface area contributed by atoms with Gasteiger partial charge in [-0.25, -0.2) is 4.39 Å². The van der Waals surface area contributed by atoms with Crippen molar-refractivity contribution in [3.8, 4) is 0 Å². The summed E-state index contributed by atoms with van der Waals surface area (Å²) >= 11 is 0. The molecule has 0 bridgehead atoms. The predicted molar refractivity (Wildman–Crippen MR) is 137 cm³/mol. The molecule has 5 heteroatoms. The van der Waals surface area contributed by atoms with E-state index < -0.39 is 5.79 Å². The number of rotatable bonds is 10. The van der Waals surface area contributed by atoms with Gasteiger partial charge >= 0.3 is 0 Å². The molecule has 2 heterocycles. The van der Waals surface area contributed by atoms with Gasteiger partial charge in [0.15, 0.2) is 12.1 Å². The van der Waals surface area contributed by atoms with E-state index in [2.05, 4.69) is 13.5 Å². The average Bonchev–Trinajstić information content (AvgIpc) is 3.35. The molecule has 0 radical (unpaired) electrons. The maximum atomic E-state index is 15.3. The molecule has 4 fully saturated rings. The third-order valence-corrected chi connectivity index (χ3v) is 8.69. The summed E-state index contributed by atoms with van der Waals surface area (Å²) in [5.74, 6) is 1.34. The fraction of sp³-hybridized carbons (Fsp3) is 0.800. The summed E-state index contributed by atoms with van der Waals surface area (Å²) in [7, 11) is 0. The van der Waals surface area contributed by atoms with Gasteiger partial charge < -0.3 is 18.9 Å². The van der Waals surface area contributed by atoms with Crippen molar-refractivity contribution < 1.29 is 23.3 Å². The molecule has 0 aromatic heterocycles. The molecule has 4 aliphatic rings. The third-order valence-electron chi connectivity index (χ3n) is 8.69. The Kier molecular flexibility index (Phi) is 10.4. The first-order chi connectivity index (χ1) is 17.1. The van der Waals surface area contributed by atoms with Crippen LogP contribution in [0.5, 0.6) is 0 Å². The van der Waals surface area contributed by atoms with Crippen LogP contribution in [0.1, 0.15) is 90.4 Å². The van der Waals surface area contributed by atoms with E-state index in [1.165, 1.54) is 25.7 Å². The minimum atomic E-state index is -0.406. The lowest BCUT2D eigenvalue weighted by Crippen LogP contribution is -2.38. The van der Waals surface area contributed by atoms with Crippen molar-refractivity contribution in [1.29, 1.82) is 0 Å². The molecule has 0 N–H and O–H groups in total. The van der Waals surface area contributed by atoms with Crippen LogP contribution in [0.4, 0.5) is 4.39 Å². The van der Waals surface area contributed by atoms with Crippen LogP contribution in [0.2, 0.25) is 0 Å². The summed E-state index contributed by atoms with van der Waals surface area (Å²) < 4.78 is 39.3. The van der Waals surface area contributed by atoms with Crippen molar-refractivity contribution in [2.45, 2.75) is 102 Å². The third kappa shape index (κ3) is 7.50. The fourth-order valence-corrected chi connectivity index (χ4v) is 6.46. The van der Waals surface area contributed by atoms with Crippen LogP contribution in [0.25, 0.3) is 0 Å². The van der Waals surface area contributed by atoms with E-state index >= 15 is 4.39 Å². The molecule has 0 unspecified atom stereocenters. The van der Waals surface area contributed by atoms with E-state index in [1.807, 2.05) is 12.2 Å². The zero-order valence-corrected chi connectivity index (χ0v) is 21.9. The topological polar surface area (TPSA) is 36.9 Å². The Bertz CT molecular complexity index is 700. The highest BCUT2D eigenvalue weighted by molar-refractivity contribution is 5.31. The molecule has 0 aromatic carbocycles. The van der Waals surface area contributed by atoms with Gasteiger partial charge in [0.05, 0.1) is 26.4 Å². The predicted octanol–water partition coefficient (Wildman–Crippen LogP) is 7.65. The Labute approximate surface area is 212 Å². The maximum Gasteiger partial charge on any atom is 0.168 e. The summed E-state index contributed by atoms with van der Waals surface area (Å²) in [5, 5.41) is 0. The number of unbranched alkanes of at least 4 members (excludes halogenated alkanes) is 2. The molecule has 4 nitrogen and oxygen atoms in total. The molecule has 198 valence electrons. The molecule has 2 aliphatic carbocycles. The monoisotopic (exact) mass is 490 g/mol. The first-order valence-electron chi connectivity index (χ1n) is 14.3. The lowest BCUT2D eigenvalue weighted by molar-refractivity contribution is -0.230. The molecule has 0 aromatic rings. The molecule has 4 rings (SSSR count). The molecular weight excluding hydrogens is 443 g/mol. The Morgan fingerprint density at radius 1 is 0.943 bits per heavy atom. The zero-order chi connectivity index (χ0) is 24.5. The molecule has 2 saturated heterocycles. The average molecular weight is 491 g/mol. The molecule has 2 aliphatic heterocycles. The number of hydrogen-bond donors (Lipinski definition) is 0. The van der Waals surface area contributed by atoms with E-state index in [9.17, 15) is 0 Å². The van der Waals surface area contributed by atoms with Gasteiger partial charge in [-0.2, -0.15) is 0 Å². The SMILES string of the molecule is C=C/C=C(\C(F)=C/CC1CCC(C2OCC(CCCCC)CO2)CC1)C1CCC2(CC1)OCCO2. The lowest BCUT2D eigenvalue weighted by Gasteiger charge is -2.37. The second-order valence-electron chi connectivity index (χ2n) is 11.2. The molecule has 35 heavy (non-hydrogen) atoms. The Hall–Kier alpha value is -1.01. The quantitative estimate of drug-likeness (QED) is 0.233. The van der Waals surface area contributed by atoms with Crippen LogP contribution in [0, 0.1) is 23.7 Å². The smallest absolute Gasteiger partial charge is 0.168 e. The van der Waals surface area contributed by atoms with Crippen LogP contribution in [0.15, 0.2) is 36.2 Å². The van der Waals surface area contributed by atoms with Gasteiger partial charge in [-0.1, -0.05) is 44.9 Å². The largest absolute Gasteiger partial charge is 0.352 e. The number of halogens is 1. The highest BCUT2D eigenvalue weighted by Crippen LogP contribution is 2.43. The molecule has 0 atom stereocenters. The van der Waals surface area contributed by atoms with E-state index in [0.717, 1.165) is 76.6 Å². The van der Waals surface area contributed by atoms with E-state index in [4.69, 9.17) is 18.9 Å². The van der Waals surface area contributed by atoms with Gasteiger partial charge in [0.1, 0.15) is 5.83 Å². The van der Waals surface area contributed by atoms with Crippen LogP contribution in [-0.4, -0.2) is 38.5 Å². The Morgan fingerprint density at radius 3 is 2.26 bits per heavy atom. The molecule has 2 saturated carbocycles. The summed E-state index contributed by atoms with van der Waals surface area (Å²) in [5.41, 5.74) is 0.805. The summed E-state index contributed by atoms with van der Waals surface area (Å²) in [6.07, 6.45) is 19.2. The number of hydrogen-bond acceptors (Lipinski definition) is 4. The minimum absolute atomic E-state index is 0.0322. The van der Waals surface area contributed by atoms with Crippen molar-refractivity contribution in [3.05, 3.63) is 36.2 Å². The van der Waals surface area contributed by atoms with Crippen molar-refractivity contribution in [1.82, 2.24) is 0 Å². The van der Waals surface area contributed by atoms with Crippen molar-refractivity contribution in [2.75, 3.05) is 26.4 Å². The number of ether oxygens (including phenoxy) is 4. The van der Waals surface area contributed by atoms with Crippen LogP contribution in [-0.2, 0) is 18.9 Å². The van der Waals surface area contributed by atoms with E-state index in [-0.39, 0.29) is 18.0 Å². The van der Waals surface area contributed by atoms with Gasteiger partial charge in [0, 0.05) is 24.7 Å². The van der Waals surface area contributed by atoms with Crippen LogP contribution >= 0.6 is 0 Å². The fourth-order valence-electron chi connectivity index (χ4n) is 6.46. The highest BCUT2D eigenvalue weighted by atomic mass is 19.1. The van der Waals surface area contributed by atoms with Crippen molar-refractivity contribution >= 4 is 0 Å². The number of allylic oxidation sites excluding steroid dienone is 5. The summed E-state index contributed by atoms with van der Waals surface area (Å²) in [6, 6.07) is 0. The second-order valence-corrected chi connectivity index (χ2v) is 11.2. The normalized spacial score (nSPS) is 32.7.